The second kappa shape index (κ2) is 13.9. The van der Waals surface area contributed by atoms with Gasteiger partial charge in [-0.1, -0.05) is 26.0 Å². The van der Waals surface area contributed by atoms with E-state index in [-0.39, 0.29) is 30.9 Å². The van der Waals surface area contributed by atoms with Gasteiger partial charge in [0.2, 0.25) is 17.7 Å². The van der Waals surface area contributed by atoms with Crippen LogP contribution in [0.3, 0.4) is 0 Å². The van der Waals surface area contributed by atoms with Gasteiger partial charge in [0.1, 0.15) is 23.9 Å². The van der Waals surface area contributed by atoms with Crippen LogP contribution in [-0.4, -0.2) is 69.1 Å². The number of aromatic hydroxyl groups is 1. The van der Waals surface area contributed by atoms with Crippen molar-refractivity contribution in [3.05, 3.63) is 29.8 Å². The van der Waals surface area contributed by atoms with Crippen LogP contribution in [0.15, 0.2) is 24.3 Å². The van der Waals surface area contributed by atoms with E-state index < -0.39 is 60.2 Å². The minimum absolute atomic E-state index is 0.00554. The zero-order valence-electron chi connectivity index (χ0n) is 20.0. The molecule has 1 aromatic rings. The van der Waals surface area contributed by atoms with Crippen molar-refractivity contribution >= 4 is 29.7 Å². The Balaban J connectivity index is 3.16. The molecule has 0 radical (unpaired) electrons. The van der Waals surface area contributed by atoms with E-state index in [2.05, 4.69) is 16.0 Å². The van der Waals surface area contributed by atoms with Gasteiger partial charge in [-0.15, -0.1) is 0 Å². The summed E-state index contributed by atoms with van der Waals surface area (Å²) in [5, 5.41) is 35.3. The maximum atomic E-state index is 13.0. The summed E-state index contributed by atoms with van der Waals surface area (Å²) in [7, 11) is 0. The zero-order valence-corrected chi connectivity index (χ0v) is 20.0. The SMILES string of the molecule is CC(C)CC(NC(=O)C(Cc1ccc(O)cc1)NC(=O)C(CCC(=O)O)NC(=O)C(C)N)C(=O)O. The van der Waals surface area contributed by atoms with Gasteiger partial charge in [0.15, 0.2) is 0 Å². The molecule has 0 saturated carbocycles. The Morgan fingerprint density at radius 1 is 0.829 bits per heavy atom. The lowest BCUT2D eigenvalue weighted by Crippen LogP contribution is -2.57. The Hall–Kier alpha value is -3.67. The molecule has 4 atom stereocenters. The van der Waals surface area contributed by atoms with Crippen molar-refractivity contribution in [2.24, 2.45) is 11.7 Å². The zero-order chi connectivity index (χ0) is 26.7. The smallest absolute Gasteiger partial charge is 0.326 e. The molecule has 0 aliphatic rings. The largest absolute Gasteiger partial charge is 0.508 e. The molecule has 1 aromatic carbocycles. The van der Waals surface area contributed by atoms with Crippen molar-refractivity contribution in [2.45, 2.75) is 70.6 Å². The molecule has 1 rings (SSSR count). The predicted molar refractivity (Wildman–Crippen MR) is 125 cm³/mol. The highest BCUT2D eigenvalue weighted by Crippen LogP contribution is 2.13. The minimum atomic E-state index is -1.29. The van der Waals surface area contributed by atoms with Crippen molar-refractivity contribution in [1.82, 2.24) is 16.0 Å². The predicted octanol–water partition coefficient (Wildman–Crippen LogP) is -0.268. The summed E-state index contributed by atoms with van der Waals surface area (Å²) in [5.41, 5.74) is 6.08. The number of phenolic OH excluding ortho intramolecular Hbond substituents is 1. The summed E-state index contributed by atoms with van der Waals surface area (Å²) in [6, 6.07) is 1.16. The fraction of sp³-hybridized carbons (Fsp3) is 0.522. The molecule has 12 nitrogen and oxygen atoms in total. The standard InChI is InChI=1S/C23H34N4O8/c1-12(2)10-18(23(34)35)27-22(33)17(11-14-4-6-15(28)7-5-14)26-21(32)16(8-9-19(29)30)25-20(31)13(3)24/h4-7,12-13,16-18,28H,8-11,24H2,1-3H3,(H,25,31)(H,26,32)(H,27,33)(H,29,30)(H,34,35). The second-order valence-corrected chi connectivity index (χ2v) is 8.74. The number of benzene rings is 1. The summed E-state index contributed by atoms with van der Waals surface area (Å²) in [5.74, 6) is -4.73. The van der Waals surface area contributed by atoms with E-state index in [1.807, 2.05) is 0 Å². The van der Waals surface area contributed by atoms with Gasteiger partial charge in [0.25, 0.3) is 0 Å². The Labute approximate surface area is 203 Å². The number of carbonyl (C=O) groups is 5. The van der Waals surface area contributed by atoms with Gasteiger partial charge in [-0.2, -0.15) is 0 Å². The van der Waals surface area contributed by atoms with Crippen molar-refractivity contribution < 1.29 is 39.3 Å². The van der Waals surface area contributed by atoms with Crippen LogP contribution in [0.4, 0.5) is 0 Å². The Morgan fingerprint density at radius 3 is 1.83 bits per heavy atom. The van der Waals surface area contributed by atoms with Crippen LogP contribution >= 0.6 is 0 Å². The first-order valence-corrected chi connectivity index (χ1v) is 11.2. The third-order valence-corrected chi connectivity index (χ3v) is 5.02. The van der Waals surface area contributed by atoms with Crippen molar-refractivity contribution in [1.29, 1.82) is 0 Å². The summed E-state index contributed by atoms with van der Waals surface area (Å²) < 4.78 is 0. The van der Waals surface area contributed by atoms with E-state index in [0.29, 0.717) is 5.56 Å². The average Bonchev–Trinajstić information content (AvgIpc) is 2.76. The maximum absolute atomic E-state index is 13.0. The fourth-order valence-electron chi connectivity index (χ4n) is 3.15. The number of carboxylic acids is 2. The molecular formula is C23H34N4O8. The quantitative estimate of drug-likeness (QED) is 0.181. The van der Waals surface area contributed by atoms with E-state index in [0.717, 1.165) is 0 Å². The number of carbonyl (C=O) groups excluding carboxylic acids is 3. The summed E-state index contributed by atoms with van der Waals surface area (Å²) in [4.78, 5) is 60.7. The number of hydrogen-bond acceptors (Lipinski definition) is 7. The minimum Gasteiger partial charge on any atom is -0.508 e. The van der Waals surface area contributed by atoms with E-state index in [9.17, 15) is 34.2 Å². The van der Waals surface area contributed by atoms with Crippen LogP contribution in [-0.2, 0) is 30.4 Å². The Bertz CT molecular complexity index is 901. The molecule has 0 bridgehead atoms. The molecule has 4 unspecified atom stereocenters. The molecule has 12 heteroatoms. The lowest BCUT2D eigenvalue weighted by Gasteiger charge is -2.25. The second-order valence-electron chi connectivity index (χ2n) is 8.74. The number of nitrogens with one attached hydrogen (secondary N) is 3. The van der Waals surface area contributed by atoms with Gasteiger partial charge in [0, 0.05) is 12.8 Å². The molecule has 35 heavy (non-hydrogen) atoms. The van der Waals surface area contributed by atoms with Crippen LogP contribution in [0, 0.1) is 5.92 Å². The molecule has 0 aliphatic carbocycles. The van der Waals surface area contributed by atoms with Crippen molar-refractivity contribution in [2.75, 3.05) is 0 Å². The third kappa shape index (κ3) is 10.9. The normalized spacial score (nSPS) is 14.3. The topological polar surface area (TPSA) is 208 Å². The van der Waals surface area contributed by atoms with E-state index >= 15 is 0 Å². The molecule has 0 saturated heterocycles. The van der Waals surface area contributed by atoms with Crippen LogP contribution in [0.1, 0.15) is 45.6 Å². The van der Waals surface area contributed by atoms with Gasteiger partial charge in [-0.25, -0.2) is 4.79 Å². The highest BCUT2D eigenvalue weighted by atomic mass is 16.4. The molecule has 3 amide bonds. The lowest BCUT2D eigenvalue weighted by atomic mass is 10.0. The van der Waals surface area contributed by atoms with Crippen molar-refractivity contribution in [3.8, 4) is 5.75 Å². The molecule has 0 aromatic heterocycles. The molecular weight excluding hydrogens is 460 g/mol. The summed E-state index contributed by atoms with van der Waals surface area (Å²) in [6.07, 6.45) is -0.578. The highest BCUT2D eigenvalue weighted by Gasteiger charge is 2.30. The molecule has 8 N–H and O–H groups in total. The number of amides is 3. The molecule has 0 fully saturated rings. The van der Waals surface area contributed by atoms with Crippen LogP contribution in [0.25, 0.3) is 0 Å². The number of nitrogens with two attached hydrogens (primary N) is 1. The summed E-state index contributed by atoms with van der Waals surface area (Å²) in [6.45, 7) is 4.99. The van der Waals surface area contributed by atoms with Gasteiger partial charge >= 0.3 is 11.9 Å². The number of aliphatic carboxylic acids is 2. The van der Waals surface area contributed by atoms with E-state index in [1.54, 1.807) is 13.8 Å². The highest BCUT2D eigenvalue weighted by molar-refractivity contribution is 5.94. The number of rotatable bonds is 14. The van der Waals surface area contributed by atoms with Crippen LogP contribution in [0.2, 0.25) is 0 Å². The van der Waals surface area contributed by atoms with Crippen LogP contribution in [0.5, 0.6) is 5.75 Å². The van der Waals surface area contributed by atoms with Crippen LogP contribution < -0.4 is 21.7 Å². The van der Waals surface area contributed by atoms with Gasteiger partial charge in [-0.3, -0.25) is 19.2 Å². The first kappa shape index (κ1) is 29.4. The monoisotopic (exact) mass is 494 g/mol. The number of phenols is 1. The Morgan fingerprint density at radius 2 is 1.34 bits per heavy atom. The number of carboxylic acid groups (broad SMARTS) is 2. The van der Waals surface area contributed by atoms with E-state index in [4.69, 9.17) is 10.8 Å². The fourth-order valence-corrected chi connectivity index (χ4v) is 3.15. The number of hydrogen-bond donors (Lipinski definition) is 7. The lowest BCUT2D eigenvalue weighted by molar-refractivity contribution is -0.142. The van der Waals surface area contributed by atoms with Gasteiger partial charge in [0.05, 0.1) is 6.04 Å². The third-order valence-electron chi connectivity index (χ3n) is 5.02. The average molecular weight is 495 g/mol. The first-order chi connectivity index (χ1) is 16.3. The van der Waals surface area contributed by atoms with Gasteiger partial charge in [-0.05, 0) is 43.4 Å². The Kier molecular flexibility index (Phi) is 11.7. The van der Waals surface area contributed by atoms with E-state index in [1.165, 1.54) is 31.2 Å². The maximum Gasteiger partial charge on any atom is 0.326 e. The summed E-state index contributed by atoms with van der Waals surface area (Å²) >= 11 is 0. The molecule has 194 valence electrons. The van der Waals surface area contributed by atoms with Crippen molar-refractivity contribution in [3.63, 3.8) is 0 Å². The molecule has 0 aliphatic heterocycles. The molecule has 0 heterocycles. The van der Waals surface area contributed by atoms with Gasteiger partial charge < -0.3 is 37.0 Å². The molecule has 0 spiro atoms. The first-order valence-electron chi connectivity index (χ1n) is 11.2.